The summed E-state index contributed by atoms with van der Waals surface area (Å²) >= 11 is 0. The number of carbonyl (C=O) groups is 2. The molecule has 0 aromatic rings. The summed E-state index contributed by atoms with van der Waals surface area (Å²) in [6.45, 7) is 16.2. The molecule has 9 nitrogen and oxygen atoms in total. The highest BCUT2D eigenvalue weighted by Crippen LogP contribution is 2.12. The van der Waals surface area contributed by atoms with Crippen molar-refractivity contribution in [2.24, 2.45) is 4.99 Å². The molecule has 2 amide bonds. The Morgan fingerprint density at radius 1 is 1.14 bits per heavy atom. The van der Waals surface area contributed by atoms with E-state index in [0.717, 1.165) is 25.5 Å². The Morgan fingerprint density at radius 3 is 2.31 bits per heavy atom. The summed E-state index contributed by atoms with van der Waals surface area (Å²) in [4.78, 5) is 32.3. The van der Waals surface area contributed by atoms with Gasteiger partial charge in [0.1, 0.15) is 11.2 Å². The summed E-state index contributed by atoms with van der Waals surface area (Å²) in [5.41, 5.74) is -1.03. The third kappa shape index (κ3) is 10.2. The van der Waals surface area contributed by atoms with E-state index in [-0.39, 0.29) is 12.1 Å². The van der Waals surface area contributed by atoms with E-state index >= 15 is 0 Å². The van der Waals surface area contributed by atoms with Gasteiger partial charge in [-0.05, 0) is 54.9 Å². The molecule has 1 unspecified atom stereocenters. The Balaban J connectivity index is 2.55. The van der Waals surface area contributed by atoms with Gasteiger partial charge in [-0.2, -0.15) is 0 Å². The molecule has 0 saturated carbocycles. The van der Waals surface area contributed by atoms with Gasteiger partial charge >= 0.3 is 12.2 Å². The van der Waals surface area contributed by atoms with Gasteiger partial charge in [0.05, 0.1) is 12.6 Å². The molecule has 1 heterocycles. The highest BCUT2D eigenvalue weighted by molar-refractivity contribution is 5.80. The molecular formula is C20H39N5O4. The lowest BCUT2D eigenvalue weighted by molar-refractivity contribution is 0.0303. The smallest absolute Gasteiger partial charge is 0.410 e. The molecule has 0 aliphatic carbocycles. The fourth-order valence-electron chi connectivity index (χ4n) is 2.71. The Kier molecular flexibility index (Phi) is 9.04. The maximum absolute atomic E-state index is 12.0. The largest absolute Gasteiger partial charge is 0.444 e. The van der Waals surface area contributed by atoms with E-state index in [2.05, 4.69) is 20.5 Å². The van der Waals surface area contributed by atoms with E-state index in [9.17, 15) is 9.59 Å². The molecule has 29 heavy (non-hydrogen) atoms. The number of likely N-dealkylation sites (N-methyl/N-ethyl adjacent to an activating group) is 1. The van der Waals surface area contributed by atoms with Crippen molar-refractivity contribution in [3.8, 4) is 0 Å². The molecule has 0 bridgehead atoms. The second kappa shape index (κ2) is 10.5. The Labute approximate surface area is 175 Å². The lowest BCUT2D eigenvalue weighted by Gasteiger charge is -2.25. The minimum atomic E-state index is -0.519. The van der Waals surface area contributed by atoms with Crippen LogP contribution in [-0.2, 0) is 9.47 Å². The summed E-state index contributed by atoms with van der Waals surface area (Å²) in [5.74, 6) is 0.776. The third-order valence-corrected chi connectivity index (χ3v) is 3.95. The van der Waals surface area contributed by atoms with Gasteiger partial charge in [0, 0.05) is 33.2 Å². The zero-order valence-electron chi connectivity index (χ0n) is 19.3. The van der Waals surface area contributed by atoms with Gasteiger partial charge in [-0.3, -0.25) is 4.99 Å². The maximum atomic E-state index is 12.0. The van der Waals surface area contributed by atoms with Crippen LogP contribution in [0.25, 0.3) is 0 Å². The van der Waals surface area contributed by atoms with Gasteiger partial charge in [0.15, 0.2) is 5.96 Å². The van der Waals surface area contributed by atoms with Crippen LogP contribution in [0.5, 0.6) is 0 Å². The summed E-state index contributed by atoms with van der Waals surface area (Å²) < 4.78 is 10.7. The van der Waals surface area contributed by atoms with Crippen LogP contribution in [0.2, 0.25) is 0 Å². The van der Waals surface area contributed by atoms with Crippen molar-refractivity contribution in [1.82, 2.24) is 20.4 Å². The number of guanidine groups is 1. The number of hydrogen-bond donors (Lipinski definition) is 2. The molecule has 1 aliphatic rings. The molecular weight excluding hydrogens is 374 g/mol. The zero-order chi connectivity index (χ0) is 22.2. The van der Waals surface area contributed by atoms with Crippen LogP contribution in [0.3, 0.4) is 0 Å². The Bertz CT molecular complexity index is 580. The molecule has 0 spiro atoms. The zero-order valence-corrected chi connectivity index (χ0v) is 19.3. The number of ether oxygens (including phenoxy) is 2. The van der Waals surface area contributed by atoms with Crippen LogP contribution < -0.4 is 10.6 Å². The number of alkyl carbamates (subject to hydrolysis) is 1. The lowest BCUT2D eigenvalue weighted by Crippen LogP contribution is -2.44. The van der Waals surface area contributed by atoms with E-state index in [1.165, 1.54) is 4.90 Å². The normalized spacial score (nSPS) is 17.7. The fraction of sp³-hybridized carbons (Fsp3) is 0.850. The average Bonchev–Trinajstić information content (AvgIpc) is 2.98. The SMILES string of the molecule is CCNC(=NCCN(C)C(=O)OC(C)(C)C)N1CCC(NC(=O)OC(C)(C)C)C1. The Morgan fingerprint density at radius 2 is 1.76 bits per heavy atom. The fourth-order valence-corrected chi connectivity index (χ4v) is 2.71. The van der Waals surface area contributed by atoms with E-state index in [1.54, 1.807) is 7.05 Å². The van der Waals surface area contributed by atoms with E-state index < -0.39 is 17.3 Å². The number of nitrogens with zero attached hydrogens (tertiary/aromatic N) is 3. The third-order valence-electron chi connectivity index (χ3n) is 3.95. The van der Waals surface area contributed by atoms with Crippen molar-refractivity contribution >= 4 is 18.1 Å². The molecule has 9 heteroatoms. The molecule has 0 aromatic carbocycles. The number of hydrogen-bond acceptors (Lipinski definition) is 5. The quantitative estimate of drug-likeness (QED) is 0.531. The van der Waals surface area contributed by atoms with Crippen molar-refractivity contribution in [1.29, 1.82) is 0 Å². The van der Waals surface area contributed by atoms with Crippen molar-refractivity contribution in [3.63, 3.8) is 0 Å². The van der Waals surface area contributed by atoms with Crippen molar-refractivity contribution < 1.29 is 19.1 Å². The number of aliphatic imine (C=N–C) groups is 1. The minimum absolute atomic E-state index is 0.0122. The monoisotopic (exact) mass is 413 g/mol. The molecule has 168 valence electrons. The second-order valence-electron chi connectivity index (χ2n) is 9.22. The summed E-state index contributed by atoms with van der Waals surface area (Å²) in [6.07, 6.45) is 0.0624. The van der Waals surface area contributed by atoms with Gasteiger partial charge in [0.25, 0.3) is 0 Å². The predicted octanol–water partition coefficient (Wildman–Crippen LogP) is 2.42. The number of nitrogens with one attached hydrogen (secondary N) is 2. The van der Waals surface area contributed by atoms with E-state index in [0.29, 0.717) is 19.6 Å². The van der Waals surface area contributed by atoms with Crippen LogP contribution in [0.4, 0.5) is 9.59 Å². The van der Waals surface area contributed by atoms with Gasteiger partial charge in [-0.15, -0.1) is 0 Å². The summed E-state index contributed by atoms with van der Waals surface area (Å²) in [5, 5.41) is 6.19. The van der Waals surface area contributed by atoms with Crippen LogP contribution in [0, 0.1) is 0 Å². The van der Waals surface area contributed by atoms with Crippen LogP contribution in [-0.4, -0.2) is 85.0 Å². The molecule has 1 atom stereocenters. The Hall–Kier alpha value is -2.19. The highest BCUT2D eigenvalue weighted by atomic mass is 16.6. The van der Waals surface area contributed by atoms with Gasteiger partial charge < -0.3 is 29.9 Å². The second-order valence-corrected chi connectivity index (χ2v) is 9.22. The van der Waals surface area contributed by atoms with Crippen LogP contribution >= 0.6 is 0 Å². The predicted molar refractivity (Wildman–Crippen MR) is 114 cm³/mol. The van der Waals surface area contributed by atoms with Gasteiger partial charge in [-0.25, -0.2) is 9.59 Å². The number of amides is 2. The molecule has 1 rings (SSSR count). The molecule has 1 saturated heterocycles. The minimum Gasteiger partial charge on any atom is -0.444 e. The van der Waals surface area contributed by atoms with E-state index in [4.69, 9.17) is 9.47 Å². The van der Waals surface area contributed by atoms with E-state index in [1.807, 2.05) is 48.5 Å². The van der Waals surface area contributed by atoms with Crippen LogP contribution in [0.15, 0.2) is 4.99 Å². The summed E-state index contributed by atoms with van der Waals surface area (Å²) in [7, 11) is 1.70. The standard InChI is InChI=1S/C20H39N5O4/c1-9-21-16(22-11-13-24(8)18(27)29-20(5,6)7)25-12-10-15(14-25)23-17(26)28-19(2,3)4/h15H,9-14H2,1-8H3,(H,21,22)(H,23,26). The van der Waals surface area contributed by atoms with Gasteiger partial charge in [-0.1, -0.05) is 0 Å². The lowest BCUT2D eigenvalue weighted by atomic mass is 10.2. The topological polar surface area (TPSA) is 95.5 Å². The number of carbonyl (C=O) groups excluding carboxylic acids is 2. The van der Waals surface area contributed by atoms with Crippen molar-refractivity contribution in [3.05, 3.63) is 0 Å². The van der Waals surface area contributed by atoms with Crippen molar-refractivity contribution in [2.75, 3.05) is 39.8 Å². The molecule has 0 radical (unpaired) electrons. The first-order valence-corrected chi connectivity index (χ1v) is 10.3. The molecule has 1 aliphatic heterocycles. The van der Waals surface area contributed by atoms with Crippen molar-refractivity contribution in [2.45, 2.75) is 72.1 Å². The molecule has 1 fully saturated rings. The summed E-state index contributed by atoms with van der Waals surface area (Å²) in [6, 6.07) is 0.0122. The highest BCUT2D eigenvalue weighted by Gasteiger charge is 2.28. The van der Waals surface area contributed by atoms with Gasteiger partial charge in [0.2, 0.25) is 0 Å². The number of rotatable bonds is 5. The number of likely N-dealkylation sites (tertiary alicyclic amines) is 1. The maximum Gasteiger partial charge on any atom is 0.410 e. The molecule has 0 aromatic heterocycles. The average molecular weight is 414 g/mol. The first-order chi connectivity index (χ1) is 13.3. The first-order valence-electron chi connectivity index (χ1n) is 10.3. The molecule has 2 N–H and O–H groups in total. The first kappa shape index (κ1) is 24.8. The van der Waals surface area contributed by atoms with Crippen LogP contribution in [0.1, 0.15) is 54.9 Å².